The van der Waals surface area contributed by atoms with Crippen molar-refractivity contribution in [2.75, 3.05) is 13.1 Å². The Morgan fingerprint density at radius 1 is 1.17 bits per heavy atom. The number of nitrogens with zero attached hydrogens (tertiary/aromatic N) is 2. The lowest BCUT2D eigenvalue weighted by Gasteiger charge is -2.51. The van der Waals surface area contributed by atoms with Gasteiger partial charge in [-0.15, -0.1) is 0 Å². The summed E-state index contributed by atoms with van der Waals surface area (Å²) in [4.78, 5) is 6.88. The predicted molar refractivity (Wildman–Crippen MR) is 114 cm³/mol. The Labute approximate surface area is 182 Å². The quantitative estimate of drug-likeness (QED) is 0.610. The molecule has 3 fully saturated rings. The van der Waals surface area contributed by atoms with Crippen molar-refractivity contribution in [3.63, 3.8) is 0 Å². The van der Waals surface area contributed by atoms with Gasteiger partial charge in [0.1, 0.15) is 0 Å². The minimum Gasteiger partial charge on any atom is -0.416 e. The molecule has 3 saturated heterocycles. The molecule has 0 aliphatic carbocycles. The summed E-state index contributed by atoms with van der Waals surface area (Å²) in [7, 11) is 6.48. The number of pyridine rings is 1. The topological polar surface area (TPSA) is 64.1 Å². The van der Waals surface area contributed by atoms with Crippen molar-refractivity contribution >= 4 is 51.2 Å². The molecular weight excluding hydrogens is 433 g/mol. The van der Waals surface area contributed by atoms with E-state index < -0.39 is 14.9 Å². The summed E-state index contributed by atoms with van der Waals surface area (Å²) in [6, 6.07) is 10.8. The molecule has 0 spiro atoms. The molecule has 6 nitrogen and oxygen atoms in total. The summed E-state index contributed by atoms with van der Waals surface area (Å²) in [5.41, 5.74) is 1.90. The highest BCUT2D eigenvalue weighted by Crippen LogP contribution is 2.43. The molecule has 1 aromatic carbocycles. The molecule has 1 N–H and O–H groups in total. The lowest BCUT2D eigenvalue weighted by Crippen LogP contribution is -2.56. The van der Waals surface area contributed by atoms with Crippen molar-refractivity contribution in [1.29, 1.82) is 0 Å². The van der Waals surface area contributed by atoms with Gasteiger partial charge in [-0.05, 0) is 55.3 Å². The lowest BCUT2D eigenvalue weighted by molar-refractivity contribution is -0.0567. The highest BCUT2D eigenvalue weighted by molar-refractivity contribution is 6.69. The summed E-state index contributed by atoms with van der Waals surface area (Å²) in [6.45, 7) is 2.01. The van der Waals surface area contributed by atoms with Crippen LogP contribution in [0.4, 0.5) is 0 Å². The number of aliphatic hydroxyl groups excluding tert-OH is 1. The van der Waals surface area contributed by atoms with Gasteiger partial charge in [-0.25, -0.2) is 0 Å². The fourth-order valence-corrected chi connectivity index (χ4v) is 8.57. The first-order chi connectivity index (χ1) is 14.1. The second-order valence-corrected chi connectivity index (χ2v) is 12.3. The Morgan fingerprint density at radius 2 is 1.93 bits per heavy atom. The average Bonchev–Trinajstić information content (AvgIpc) is 2.80. The van der Waals surface area contributed by atoms with E-state index in [1.807, 2.05) is 30.3 Å². The van der Waals surface area contributed by atoms with Crippen LogP contribution < -0.4 is 0 Å². The van der Waals surface area contributed by atoms with Gasteiger partial charge in [-0.3, -0.25) is 9.88 Å². The van der Waals surface area contributed by atoms with Gasteiger partial charge in [0.25, 0.3) is 0 Å². The maximum absolute atomic E-state index is 11.3. The molecule has 3 aliphatic heterocycles. The molecular formula is C19H23N2O4Si4. The number of benzene rings is 1. The van der Waals surface area contributed by atoms with E-state index in [2.05, 4.69) is 41.3 Å². The highest BCUT2D eigenvalue weighted by Gasteiger charge is 2.45. The molecule has 9 radical (unpaired) electrons. The van der Waals surface area contributed by atoms with Crippen LogP contribution in [-0.4, -0.2) is 74.4 Å². The molecule has 29 heavy (non-hydrogen) atoms. The van der Waals surface area contributed by atoms with Crippen LogP contribution in [0.2, 0.25) is 6.04 Å². The van der Waals surface area contributed by atoms with E-state index in [1.165, 1.54) is 0 Å². The largest absolute Gasteiger partial charge is 0.468 e. The van der Waals surface area contributed by atoms with Crippen LogP contribution in [0.5, 0.6) is 0 Å². The molecule has 1 unspecified atom stereocenters. The number of aromatic nitrogens is 1. The van der Waals surface area contributed by atoms with E-state index in [9.17, 15) is 5.11 Å². The molecule has 5 atom stereocenters. The highest BCUT2D eigenvalue weighted by atomic mass is 28.5. The van der Waals surface area contributed by atoms with Gasteiger partial charge in [-0.2, -0.15) is 0 Å². The van der Waals surface area contributed by atoms with E-state index in [-0.39, 0.29) is 6.04 Å². The van der Waals surface area contributed by atoms with Gasteiger partial charge in [0.05, 0.1) is 11.6 Å². The number of fused-ring (bicyclic) bond motifs is 4. The van der Waals surface area contributed by atoms with Crippen molar-refractivity contribution in [1.82, 2.24) is 9.88 Å². The van der Waals surface area contributed by atoms with E-state index in [1.54, 1.807) is 6.20 Å². The second kappa shape index (κ2) is 9.20. The summed E-state index contributed by atoms with van der Waals surface area (Å²) in [5.74, 6) is 1.12. The first-order valence-corrected chi connectivity index (χ1v) is 13.1. The number of aliphatic hydroxyl groups is 1. The zero-order valence-corrected chi connectivity index (χ0v) is 20.1. The Bertz CT molecular complexity index is 827. The van der Waals surface area contributed by atoms with Gasteiger partial charge in [0.2, 0.25) is 31.5 Å². The van der Waals surface area contributed by atoms with E-state index in [4.69, 9.17) is 12.3 Å². The zero-order chi connectivity index (χ0) is 20.4. The van der Waals surface area contributed by atoms with Crippen LogP contribution in [0.3, 0.4) is 0 Å². The molecule has 10 heteroatoms. The molecule has 2 bridgehead atoms. The maximum Gasteiger partial charge on any atom is 0.468 e. The van der Waals surface area contributed by atoms with Crippen LogP contribution in [-0.2, 0) is 12.3 Å². The lowest BCUT2D eigenvalue weighted by atomic mass is 9.72. The van der Waals surface area contributed by atoms with Crippen LogP contribution in [0.1, 0.15) is 30.9 Å². The second-order valence-electron chi connectivity index (χ2n) is 8.00. The minimum absolute atomic E-state index is 0.143. The van der Waals surface area contributed by atoms with Crippen LogP contribution in [0.15, 0.2) is 36.5 Å². The van der Waals surface area contributed by atoms with Crippen LogP contribution in [0.25, 0.3) is 10.9 Å². The fourth-order valence-electron chi connectivity index (χ4n) is 5.00. The average molecular weight is 456 g/mol. The molecule has 2 aromatic rings. The molecule has 1 aromatic heterocycles. The van der Waals surface area contributed by atoms with E-state index in [0.29, 0.717) is 17.9 Å². The predicted octanol–water partition coefficient (Wildman–Crippen LogP) is 1.61. The van der Waals surface area contributed by atoms with Gasteiger partial charge in [0.15, 0.2) is 0 Å². The summed E-state index contributed by atoms with van der Waals surface area (Å²) >= 11 is 0. The van der Waals surface area contributed by atoms with E-state index in [0.717, 1.165) is 48.8 Å². The SMILES string of the molecule is O[C@@H](c1ccnc2ccccc12)[C@H]1C[C@@H]2CCN1C[C@@H]2CC[Si](O[Si])(O[Si])O[Si]. The Balaban J connectivity index is 1.46. The minimum atomic E-state index is -2.79. The fraction of sp³-hybridized carbons (Fsp3) is 0.526. The normalized spacial score (nSPS) is 28.0. The molecule has 4 heterocycles. The smallest absolute Gasteiger partial charge is 0.416 e. The first kappa shape index (κ1) is 21.5. The third-order valence-electron chi connectivity index (χ3n) is 6.59. The Kier molecular flexibility index (Phi) is 6.83. The third-order valence-corrected chi connectivity index (χ3v) is 11.2. The number of rotatable bonds is 8. The first-order valence-electron chi connectivity index (χ1n) is 9.90. The van der Waals surface area contributed by atoms with Crippen molar-refractivity contribution in [3.8, 4) is 0 Å². The van der Waals surface area contributed by atoms with Gasteiger partial charge in [0, 0.05) is 30.2 Å². The third kappa shape index (κ3) is 4.23. The number of hydrogen-bond acceptors (Lipinski definition) is 6. The molecule has 3 aliphatic rings. The van der Waals surface area contributed by atoms with Gasteiger partial charge >= 0.3 is 8.80 Å². The van der Waals surface area contributed by atoms with Gasteiger partial charge < -0.3 is 17.5 Å². The standard InChI is InChI=1S/C19H23N2O4Si4/c22-19(16-5-8-20-17-4-2-1-3-15(16)17)18-11-13-6-9-21(18)12-14(13)7-10-29(23-26,24-27)25-28/h1-5,8,13-14,18-19,22H,6-7,9-12H2/t13-,14-,18+,19-/m0/s1. The number of hydrogen-bond donors (Lipinski definition) is 1. The van der Waals surface area contributed by atoms with Gasteiger partial charge in [-0.1, -0.05) is 18.2 Å². The molecule has 0 saturated carbocycles. The number of para-hydroxylation sites is 1. The number of piperidine rings is 3. The van der Waals surface area contributed by atoms with Crippen molar-refractivity contribution in [3.05, 3.63) is 42.1 Å². The monoisotopic (exact) mass is 455 g/mol. The van der Waals surface area contributed by atoms with Crippen LogP contribution in [0, 0.1) is 11.8 Å². The molecule has 5 rings (SSSR count). The van der Waals surface area contributed by atoms with Crippen molar-refractivity contribution < 1.29 is 17.5 Å². The summed E-state index contributed by atoms with van der Waals surface area (Å²) in [5, 5.41) is 12.3. The zero-order valence-electron chi connectivity index (χ0n) is 16.1. The molecule has 149 valence electrons. The van der Waals surface area contributed by atoms with Crippen molar-refractivity contribution in [2.24, 2.45) is 11.8 Å². The maximum atomic E-state index is 11.3. The Hall–Kier alpha value is -0.702. The van der Waals surface area contributed by atoms with Crippen LogP contribution >= 0.6 is 0 Å². The van der Waals surface area contributed by atoms with Crippen molar-refractivity contribution in [2.45, 2.75) is 37.5 Å². The summed E-state index contributed by atoms with van der Waals surface area (Å²) in [6.07, 6.45) is 4.40. The van der Waals surface area contributed by atoms with E-state index >= 15 is 0 Å². The summed E-state index contributed by atoms with van der Waals surface area (Å²) < 4.78 is 15.9. The molecule has 0 amide bonds. The Morgan fingerprint density at radius 3 is 2.62 bits per heavy atom.